The van der Waals surface area contributed by atoms with E-state index in [0.29, 0.717) is 24.6 Å². The molecule has 110 valence electrons. The Morgan fingerprint density at radius 2 is 2.19 bits per heavy atom. The van der Waals surface area contributed by atoms with Gasteiger partial charge in [0.25, 0.3) is 5.91 Å². The number of benzene rings is 1. The first-order chi connectivity index (χ1) is 10.1. The fourth-order valence-corrected chi connectivity index (χ4v) is 2.73. The summed E-state index contributed by atoms with van der Waals surface area (Å²) in [6.07, 6.45) is 0.330. The quantitative estimate of drug-likeness (QED) is 0.835. The van der Waals surface area contributed by atoms with Gasteiger partial charge < -0.3 is 15.7 Å². The Bertz CT molecular complexity index is 686. The van der Waals surface area contributed by atoms with E-state index in [1.165, 1.54) is 0 Å². The molecule has 0 saturated carbocycles. The number of nitrogens with two attached hydrogens (primary N) is 1. The number of nitrogens with zero attached hydrogens (tertiary/aromatic N) is 2. The van der Waals surface area contributed by atoms with Crippen LogP contribution in [-0.2, 0) is 0 Å². The highest BCUT2D eigenvalue weighted by atomic mass is 16.3. The Hall–Kier alpha value is -2.14. The Labute approximate surface area is 123 Å². The van der Waals surface area contributed by atoms with Crippen molar-refractivity contribution in [3.8, 4) is 0 Å². The van der Waals surface area contributed by atoms with Gasteiger partial charge in [-0.25, -0.2) is 4.98 Å². The van der Waals surface area contributed by atoms with Crippen LogP contribution in [0.5, 0.6) is 0 Å². The number of anilines is 1. The van der Waals surface area contributed by atoms with E-state index < -0.39 is 6.10 Å². The van der Waals surface area contributed by atoms with Crippen molar-refractivity contribution in [1.29, 1.82) is 0 Å². The lowest BCUT2D eigenvalue weighted by Gasteiger charge is -2.34. The van der Waals surface area contributed by atoms with Crippen molar-refractivity contribution in [2.45, 2.75) is 19.4 Å². The standard InChI is InChI=1S/C16H19N3O2/c1-10-6-7-19(9-14(10)20)16(21)13-8-11-4-2-3-5-12(11)15(17)18-13/h2-5,8,10,14,20H,6-7,9H2,1H3,(H2,17,18). The summed E-state index contributed by atoms with van der Waals surface area (Å²) in [4.78, 5) is 18.4. The highest BCUT2D eigenvalue weighted by molar-refractivity contribution is 5.99. The first-order valence-electron chi connectivity index (χ1n) is 7.19. The molecule has 0 spiro atoms. The van der Waals surface area contributed by atoms with E-state index in [4.69, 9.17) is 5.73 Å². The molecule has 21 heavy (non-hydrogen) atoms. The zero-order valence-electron chi connectivity index (χ0n) is 12.0. The average molecular weight is 285 g/mol. The summed E-state index contributed by atoms with van der Waals surface area (Å²) in [5.41, 5.74) is 6.28. The van der Waals surface area contributed by atoms with Crippen molar-refractivity contribution in [1.82, 2.24) is 9.88 Å². The van der Waals surface area contributed by atoms with E-state index in [1.54, 1.807) is 11.0 Å². The lowest BCUT2D eigenvalue weighted by Crippen LogP contribution is -2.46. The highest BCUT2D eigenvalue weighted by Gasteiger charge is 2.28. The van der Waals surface area contributed by atoms with Gasteiger partial charge in [-0.15, -0.1) is 0 Å². The fourth-order valence-electron chi connectivity index (χ4n) is 2.73. The molecule has 2 unspecified atom stereocenters. The van der Waals surface area contributed by atoms with Gasteiger partial charge in [-0.2, -0.15) is 0 Å². The molecule has 0 bridgehead atoms. The number of hydrogen-bond donors (Lipinski definition) is 2. The van der Waals surface area contributed by atoms with Crippen LogP contribution >= 0.6 is 0 Å². The van der Waals surface area contributed by atoms with Crippen LogP contribution in [0.3, 0.4) is 0 Å². The van der Waals surface area contributed by atoms with Crippen LogP contribution in [0, 0.1) is 5.92 Å². The molecule has 1 saturated heterocycles. The average Bonchev–Trinajstić information content (AvgIpc) is 2.49. The third kappa shape index (κ3) is 2.56. The summed E-state index contributed by atoms with van der Waals surface area (Å²) in [5, 5.41) is 11.7. The smallest absolute Gasteiger partial charge is 0.272 e. The Balaban J connectivity index is 1.91. The van der Waals surface area contributed by atoms with Gasteiger partial charge in [0.15, 0.2) is 0 Å². The number of carbonyl (C=O) groups excluding carboxylic acids is 1. The van der Waals surface area contributed by atoms with Crippen molar-refractivity contribution >= 4 is 22.5 Å². The van der Waals surface area contributed by atoms with Crippen molar-refractivity contribution in [3.05, 3.63) is 36.0 Å². The number of fused-ring (bicyclic) bond motifs is 1. The lowest BCUT2D eigenvalue weighted by atomic mass is 9.96. The Kier molecular flexibility index (Phi) is 3.51. The second-order valence-corrected chi connectivity index (χ2v) is 5.70. The number of carbonyl (C=O) groups is 1. The first-order valence-corrected chi connectivity index (χ1v) is 7.19. The third-order valence-corrected chi connectivity index (χ3v) is 4.19. The third-order valence-electron chi connectivity index (χ3n) is 4.19. The molecule has 2 heterocycles. The maximum absolute atomic E-state index is 12.5. The van der Waals surface area contributed by atoms with Crippen LogP contribution in [0.2, 0.25) is 0 Å². The molecule has 3 rings (SSSR count). The van der Waals surface area contributed by atoms with Crippen LogP contribution in [0.25, 0.3) is 10.8 Å². The van der Waals surface area contributed by atoms with Crippen molar-refractivity contribution < 1.29 is 9.90 Å². The van der Waals surface area contributed by atoms with E-state index in [2.05, 4.69) is 4.98 Å². The normalized spacial score (nSPS) is 22.5. The number of amides is 1. The van der Waals surface area contributed by atoms with Crippen LogP contribution in [0.15, 0.2) is 30.3 Å². The minimum absolute atomic E-state index is 0.168. The molecule has 1 fully saturated rings. The Morgan fingerprint density at radius 3 is 2.95 bits per heavy atom. The molecular formula is C16H19N3O2. The van der Waals surface area contributed by atoms with Crippen LogP contribution in [0.4, 0.5) is 5.82 Å². The second kappa shape index (κ2) is 5.33. The van der Waals surface area contributed by atoms with Gasteiger partial charge in [-0.05, 0) is 23.8 Å². The van der Waals surface area contributed by atoms with Crippen molar-refractivity contribution in [3.63, 3.8) is 0 Å². The summed E-state index contributed by atoms with van der Waals surface area (Å²) in [6.45, 7) is 3.00. The number of aliphatic hydroxyl groups is 1. The summed E-state index contributed by atoms with van der Waals surface area (Å²) in [5.74, 6) is 0.421. The van der Waals surface area contributed by atoms with Gasteiger partial charge in [0.1, 0.15) is 11.5 Å². The predicted molar refractivity (Wildman–Crippen MR) is 81.8 cm³/mol. The number of rotatable bonds is 1. The zero-order valence-corrected chi connectivity index (χ0v) is 12.0. The number of β-amino-alcohol motifs (C(OH)–C–C–N with tert-alkyl or cyclic N) is 1. The molecule has 1 aromatic heterocycles. The molecule has 1 amide bonds. The molecule has 2 aromatic rings. The molecule has 0 radical (unpaired) electrons. The van der Waals surface area contributed by atoms with Gasteiger partial charge in [0.05, 0.1) is 6.10 Å². The van der Waals surface area contributed by atoms with E-state index >= 15 is 0 Å². The molecule has 3 N–H and O–H groups in total. The van der Waals surface area contributed by atoms with E-state index in [0.717, 1.165) is 17.2 Å². The minimum atomic E-state index is -0.472. The molecule has 1 aliphatic heterocycles. The minimum Gasteiger partial charge on any atom is -0.391 e. The number of likely N-dealkylation sites (tertiary alicyclic amines) is 1. The molecule has 5 nitrogen and oxygen atoms in total. The molecule has 1 aliphatic rings. The van der Waals surface area contributed by atoms with Gasteiger partial charge in [0, 0.05) is 18.5 Å². The molecule has 2 atom stereocenters. The highest BCUT2D eigenvalue weighted by Crippen LogP contribution is 2.23. The molecule has 5 heteroatoms. The second-order valence-electron chi connectivity index (χ2n) is 5.70. The number of pyridine rings is 1. The summed E-state index contributed by atoms with van der Waals surface area (Å²) >= 11 is 0. The first kappa shape index (κ1) is 13.8. The number of piperidine rings is 1. The van der Waals surface area contributed by atoms with Crippen LogP contribution < -0.4 is 5.73 Å². The van der Waals surface area contributed by atoms with E-state index in [-0.39, 0.29) is 11.8 Å². The van der Waals surface area contributed by atoms with Gasteiger partial charge in [-0.1, -0.05) is 31.2 Å². The number of aromatic nitrogens is 1. The van der Waals surface area contributed by atoms with Gasteiger partial charge >= 0.3 is 0 Å². The molecule has 0 aliphatic carbocycles. The topological polar surface area (TPSA) is 79.5 Å². The van der Waals surface area contributed by atoms with E-state index in [9.17, 15) is 9.90 Å². The largest absolute Gasteiger partial charge is 0.391 e. The number of nitrogen functional groups attached to an aromatic ring is 1. The lowest BCUT2D eigenvalue weighted by molar-refractivity contribution is 0.0245. The summed E-state index contributed by atoms with van der Waals surface area (Å²) in [6, 6.07) is 9.36. The van der Waals surface area contributed by atoms with Gasteiger partial charge in [-0.3, -0.25) is 4.79 Å². The SMILES string of the molecule is CC1CCN(C(=O)c2cc3ccccc3c(N)n2)CC1O. The molecular weight excluding hydrogens is 266 g/mol. The van der Waals surface area contributed by atoms with Crippen LogP contribution in [0.1, 0.15) is 23.8 Å². The van der Waals surface area contributed by atoms with Crippen LogP contribution in [-0.4, -0.2) is 40.1 Å². The fraction of sp³-hybridized carbons (Fsp3) is 0.375. The molecule has 1 aromatic carbocycles. The van der Waals surface area contributed by atoms with E-state index in [1.807, 2.05) is 31.2 Å². The van der Waals surface area contributed by atoms with Crippen molar-refractivity contribution in [2.75, 3.05) is 18.8 Å². The maximum Gasteiger partial charge on any atom is 0.272 e. The summed E-state index contributed by atoms with van der Waals surface area (Å²) in [7, 11) is 0. The summed E-state index contributed by atoms with van der Waals surface area (Å²) < 4.78 is 0. The number of aliphatic hydroxyl groups excluding tert-OH is 1. The zero-order chi connectivity index (χ0) is 15.0. The number of hydrogen-bond acceptors (Lipinski definition) is 4. The maximum atomic E-state index is 12.5. The predicted octanol–water partition coefficient (Wildman–Crippen LogP) is 1.66. The Morgan fingerprint density at radius 1 is 1.43 bits per heavy atom. The monoisotopic (exact) mass is 285 g/mol. The van der Waals surface area contributed by atoms with Gasteiger partial charge in [0.2, 0.25) is 0 Å². The van der Waals surface area contributed by atoms with Crippen molar-refractivity contribution in [2.24, 2.45) is 5.92 Å².